The lowest BCUT2D eigenvalue weighted by molar-refractivity contribution is -0.137. The second-order valence-corrected chi connectivity index (χ2v) is 5.43. The number of aliphatic carboxylic acids is 1. The van der Waals surface area contributed by atoms with E-state index in [4.69, 9.17) is 21.4 Å². The number of benzene rings is 1. The predicted octanol–water partition coefficient (Wildman–Crippen LogP) is 4.18. The zero-order valence-corrected chi connectivity index (χ0v) is 13.4. The lowest BCUT2D eigenvalue weighted by Crippen LogP contribution is -2.10. The summed E-state index contributed by atoms with van der Waals surface area (Å²) in [6, 6.07) is 1.79. The molecule has 0 unspecified atom stereocenters. The summed E-state index contributed by atoms with van der Waals surface area (Å²) in [6.07, 6.45) is 1.31. The van der Waals surface area contributed by atoms with Crippen LogP contribution in [0, 0.1) is 13.8 Å². The van der Waals surface area contributed by atoms with Gasteiger partial charge in [-0.3, -0.25) is 9.59 Å². The van der Waals surface area contributed by atoms with E-state index in [-0.39, 0.29) is 18.6 Å². The number of rotatable bonds is 8. The number of ether oxygens (including phenoxy) is 1. The van der Waals surface area contributed by atoms with E-state index in [0.29, 0.717) is 34.9 Å². The topological polar surface area (TPSA) is 63.6 Å². The van der Waals surface area contributed by atoms with E-state index in [1.54, 1.807) is 13.0 Å². The largest absolute Gasteiger partial charge is 0.493 e. The summed E-state index contributed by atoms with van der Waals surface area (Å²) in [4.78, 5) is 22.9. The number of ketones is 1. The van der Waals surface area contributed by atoms with Crippen LogP contribution in [-0.4, -0.2) is 23.5 Å². The number of aryl methyl sites for hydroxylation is 1. The molecule has 1 N–H and O–H groups in total. The summed E-state index contributed by atoms with van der Waals surface area (Å²) in [6.45, 7) is 6.15. The van der Waals surface area contributed by atoms with Crippen molar-refractivity contribution < 1.29 is 19.4 Å². The molecule has 1 rings (SSSR count). The van der Waals surface area contributed by atoms with E-state index in [1.165, 1.54) is 0 Å². The highest BCUT2D eigenvalue weighted by Crippen LogP contribution is 2.33. The standard InChI is InChI=1S/C16H21ClO4/c1-4-8-21-16-10(2)9-12(17)11(3)15(16)13(18)6-5-7-14(19)20/h9H,4-8H2,1-3H3,(H,19,20). The molecule has 5 heteroatoms. The van der Waals surface area contributed by atoms with Crippen molar-refractivity contribution in [1.82, 2.24) is 0 Å². The summed E-state index contributed by atoms with van der Waals surface area (Å²) < 4.78 is 5.71. The number of carbonyl (C=O) groups is 2. The predicted molar refractivity (Wildman–Crippen MR) is 82.5 cm³/mol. The van der Waals surface area contributed by atoms with Crippen molar-refractivity contribution in [3.8, 4) is 5.75 Å². The van der Waals surface area contributed by atoms with Crippen LogP contribution in [0.3, 0.4) is 0 Å². The first kappa shape index (κ1) is 17.5. The SMILES string of the molecule is CCCOc1c(C)cc(Cl)c(C)c1C(=O)CCCC(=O)O. The molecule has 0 heterocycles. The third-order valence-corrected chi connectivity index (χ3v) is 3.58. The Labute approximate surface area is 130 Å². The Morgan fingerprint density at radius 2 is 1.95 bits per heavy atom. The summed E-state index contributed by atoms with van der Waals surface area (Å²) >= 11 is 6.15. The molecule has 0 aromatic heterocycles. The highest BCUT2D eigenvalue weighted by molar-refractivity contribution is 6.32. The second-order valence-electron chi connectivity index (χ2n) is 5.02. The van der Waals surface area contributed by atoms with Crippen LogP contribution in [0.2, 0.25) is 5.02 Å². The molecule has 4 nitrogen and oxygen atoms in total. The van der Waals surface area contributed by atoms with E-state index in [0.717, 1.165) is 12.0 Å². The second kappa shape index (κ2) is 8.03. The smallest absolute Gasteiger partial charge is 0.303 e. The molecule has 1 aromatic rings. The third kappa shape index (κ3) is 4.74. The van der Waals surface area contributed by atoms with Crippen LogP contribution in [0.4, 0.5) is 0 Å². The van der Waals surface area contributed by atoms with E-state index in [2.05, 4.69) is 0 Å². The lowest BCUT2D eigenvalue weighted by atomic mass is 9.97. The van der Waals surface area contributed by atoms with Crippen LogP contribution in [0.5, 0.6) is 5.75 Å². The first-order valence-electron chi connectivity index (χ1n) is 7.06. The molecular weight excluding hydrogens is 292 g/mol. The molecule has 0 bridgehead atoms. The first-order valence-corrected chi connectivity index (χ1v) is 7.43. The number of carboxylic acid groups (broad SMARTS) is 1. The van der Waals surface area contributed by atoms with Gasteiger partial charge < -0.3 is 9.84 Å². The van der Waals surface area contributed by atoms with Crippen molar-refractivity contribution in [2.24, 2.45) is 0 Å². The molecule has 0 spiro atoms. The summed E-state index contributed by atoms with van der Waals surface area (Å²) in [5.74, 6) is -0.450. The summed E-state index contributed by atoms with van der Waals surface area (Å²) in [5, 5.41) is 9.18. The summed E-state index contributed by atoms with van der Waals surface area (Å²) in [5.41, 5.74) is 1.99. The third-order valence-electron chi connectivity index (χ3n) is 3.19. The molecule has 116 valence electrons. The van der Waals surface area contributed by atoms with Gasteiger partial charge in [0, 0.05) is 17.9 Å². The van der Waals surface area contributed by atoms with Gasteiger partial charge in [-0.1, -0.05) is 18.5 Å². The number of carboxylic acids is 1. The molecule has 0 aliphatic rings. The normalized spacial score (nSPS) is 10.5. The van der Waals surface area contributed by atoms with Crippen LogP contribution < -0.4 is 4.74 Å². The lowest BCUT2D eigenvalue weighted by Gasteiger charge is -2.16. The molecule has 0 aliphatic carbocycles. The molecule has 21 heavy (non-hydrogen) atoms. The fourth-order valence-corrected chi connectivity index (χ4v) is 2.36. The quantitative estimate of drug-likeness (QED) is 0.731. The number of hydrogen-bond acceptors (Lipinski definition) is 3. The minimum absolute atomic E-state index is 0.0184. The minimum atomic E-state index is -0.899. The first-order chi connectivity index (χ1) is 9.88. The zero-order chi connectivity index (χ0) is 16.0. The van der Waals surface area contributed by atoms with Crippen molar-refractivity contribution in [2.75, 3.05) is 6.61 Å². The number of halogens is 1. The van der Waals surface area contributed by atoms with Crippen LogP contribution in [0.15, 0.2) is 6.07 Å². The number of carbonyl (C=O) groups excluding carboxylic acids is 1. The molecule has 0 saturated heterocycles. The van der Waals surface area contributed by atoms with Gasteiger partial charge in [0.2, 0.25) is 0 Å². The van der Waals surface area contributed by atoms with Gasteiger partial charge in [0.1, 0.15) is 5.75 Å². The van der Waals surface area contributed by atoms with Crippen molar-refractivity contribution in [3.63, 3.8) is 0 Å². The molecule has 0 fully saturated rings. The van der Waals surface area contributed by atoms with Gasteiger partial charge in [0.05, 0.1) is 12.2 Å². The molecule has 0 atom stereocenters. The van der Waals surface area contributed by atoms with Gasteiger partial charge >= 0.3 is 5.97 Å². The van der Waals surface area contributed by atoms with Crippen LogP contribution in [-0.2, 0) is 4.79 Å². The van der Waals surface area contributed by atoms with Gasteiger partial charge in [0.25, 0.3) is 0 Å². The highest BCUT2D eigenvalue weighted by atomic mass is 35.5. The average Bonchev–Trinajstić information content (AvgIpc) is 2.40. The van der Waals surface area contributed by atoms with Crippen LogP contribution >= 0.6 is 11.6 Å². The molecule has 1 aromatic carbocycles. The van der Waals surface area contributed by atoms with Gasteiger partial charge in [-0.2, -0.15) is 0 Å². The Hall–Kier alpha value is -1.55. The summed E-state index contributed by atoms with van der Waals surface area (Å²) in [7, 11) is 0. The van der Waals surface area contributed by atoms with Gasteiger partial charge in [-0.15, -0.1) is 0 Å². The zero-order valence-electron chi connectivity index (χ0n) is 12.7. The Morgan fingerprint density at radius 3 is 2.52 bits per heavy atom. The van der Waals surface area contributed by atoms with Crippen LogP contribution in [0.1, 0.15) is 54.1 Å². The number of hydrogen-bond donors (Lipinski definition) is 1. The highest BCUT2D eigenvalue weighted by Gasteiger charge is 2.20. The monoisotopic (exact) mass is 312 g/mol. The van der Waals surface area contributed by atoms with Gasteiger partial charge in [-0.05, 0) is 43.9 Å². The molecule has 0 aliphatic heterocycles. The van der Waals surface area contributed by atoms with E-state index < -0.39 is 5.97 Å². The Bertz CT molecular complexity index is 538. The molecule has 0 saturated carbocycles. The van der Waals surface area contributed by atoms with E-state index in [1.807, 2.05) is 13.8 Å². The fourth-order valence-electron chi connectivity index (χ4n) is 2.10. The van der Waals surface area contributed by atoms with Crippen molar-refractivity contribution in [3.05, 3.63) is 27.8 Å². The minimum Gasteiger partial charge on any atom is -0.493 e. The maximum Gasteiger partial charge on any atom is 0.303 e. The van der Waals surface area contributed by atoms with Crippen LogP contribution in [0.25, 0.3) is 0 Å². The average molecular weight is 313 g/mol. The molecule has 0 radical (unpaired) electrons. The van der Waals surface area contributed by atoms with Crippen molar-refractivity contribution in [1.29, 1.82) is 0 Å². The maximum absolute atomic E-state index is 12.4. The van der Waals surface area contributed by atoms with Gasteiger partial charge in [0.15, 0.2) is 5.78 Å². The number of Topliss-reactive ketones (excluding diaryl/α,β-unsaturated/α-hetero) is 1. The molecular formula is C16H21ClO4. The Kier molecular flexibility index (Phi) is 6.69. The van der Waals surface area contributed by atoms with E-state index in [9.17, 15) is 9.59 Å². The van der Waals surface area contributed by atoms with Crippen molar-refractivity contribution >= 4 is 23.4 Å². The molecule has 0 amide bonds. The maximum atomic E-state index is 12.4. The van der Waals surface area contributed by atoms with Crippen molar-refractivity contribution in [2.45, 2.75) is 46.5 Å². The Balaban J connectivity index is 3.06. The van der Waals surface area contributed by atoms with Gasteiger partial charge in [-0.25, -0.2) is 0 Å². The Morgan fingerprint density at radius 1 is 1.29 bits per heavy atom. The fraction of sp³-hybridized carbons (Fsp3) is 0.500. The van der Waals surface area contributed by atoms with E-state index >= 15 is 0 Å².